The third-order valence-corrected chi connectivity index (χ3v) is 4.84. The van der Waals surface area contributed by atoms with Gasteiger partial charge in [-0.05, 0) is 48.6 Å². The van der Waals surface area contributed by atoms with Crippen LogP contribution in [0.25, 0.3) is 0 Å². The van der Waals surface area contributed by atoms with Crippen LogP contribution in [0, 0.1) is 11.8 Å². The van der Waals surface area contributed by atoms with Crippen LogP contribution in [0.15, 0.2) is 42.6 Å². The van der Waals surface area contributed by atoms with E-state index in [2.05, 4.69) is 25.6 Å². The van der Waals surface area contributed by atoms with E-state index in [1.165, 1.54) is 0 Å². The van der Waals surface area contributed by atoms with Gasteiger partial charge in [-0.15, -0.1) is 10.2 Å². The average molecular weight is 424 g/mol. The number of primary amides is 1. The smallest absolute Gasteiger partial charge is 0.307 e. The number of ether oxygens (including phenoxy) is 1. The fraction of sp³-hybridized carbons (Fsp3) is 0.333. The monoisotopic (exact) mass is 424 g/mol. The number of benzene rings is 1. The molecule has 0 spiro atoms. The number of tetrazole rings is 1. The van der Waals surface area contributed by atoms with Gasteiger partial charge in [-0.2, -0.15) is 5.21 Å². The summed E-state index contributed by atoms with van der Waals surface area (Å²) in [4.78, 5) is 27.4. The van der Waals surface area contributed by atoms with Crippen LogP contribution in [0.1, 0.15) is 47.9 Å². The highest BCUT2D eigenvalue weighted by molar-refractivity contribution is 5.92. The van der Waals surface area contributed by atoms with Crippen LogP contribution in [-0.2, 0) is 11.2 Å². The Balaban J connectivity index is 1.75. The van der Waals surface area contributed by atoms with Gasteiger partial charge < -0.3 is 15.6 Å². The van der Waals surface area contributed by atoms with Crippen molar-refractivity contribution in [3.63, 3.8) is 0 Å². The first kappa shape index (κ1) is 21.9. The van der Waals surface area contributed by atoms with E-state index in [9.17, 15) is 14.7 Å². The van der Waals surface area contributed by atoms with E-state index >= 15 is 0 Å². The Hall–Kier alpha value is -3.82. The zero-order valence-corrected chi connectivity index (χ0v) is 17.2. The van der Waals surface area contributed by atoms with Gasteiger partial charge in [-0.1, -0.05) is 25.1 Å². The number of amides is 1. The maximum atomic E-state index is 11.9. The molecular formula is C21H24N6O4. The quantitative estimate of drug-likeness (QED) is 0.448. The van der Waals surface area contributed by atoms with E-state index < -0.39 is 23.7 Å². The molecular weight excluding hydrogens is 400 g/mol. The standard InChI is InChI=1S/C21H24N6O4/c1-12(2)9-17(21(29)30)16(20-24-26-27-25-20)10-13-3-8-18(23-11-13)31-15-6-4-14(5-7-15)19(22)28/h3-8,11-12,16-17H,9-10H2,1-2H3,(H2,22,28)(H,29,30)(H,24,25,26,27)/t16-,17-/m0/s1. The number of rotatable bonds is 10. The molecule has 3 rings (SSSR count). The Bertz CT molecular complexity index is 1000. The number of H-pyrrole nitrogens is 1. The molecule has 0 radical (unpaired) electrons. The molecule has 0 aliphatic carbocycles. The number of aromatic amines is 1. The molecule has 2 heterocycles. The number of nitrogens with one attached hydrogen (secondary N) is 1. The van der Waals surface area contributed by atoms with Crippen molar-refractivity contribution in [3.8, 4) is 11.6 Å². The molecule has 4 N–H and O–H groups in total. The molecule has 1 amide bonds. The van der Waals surface area contributed by atoms with Crippen LogP contribution >= 0.6 is 0 Å². The van der Waals surface area contributed by atoms with Crippen molar-refractivity contribution >= 4 is 11.9 Å². The predicted octanol–water partition coefficient (Wildman–Crippen LogP) is 2.56. The molecule has 1 aromatic carbocycles. The zero-order valence-electron chi connectivity index (χ0n) is 17.2. The Morgan fingerprint density at radius 1 is 1.16 bits per heavy atom. The lowest BCUT2D eigenvalue weighted by atomic mass is 9.81. The summed E-state index contributed by atoms with van der Waals surface area (Å²) in [6.07, 6.45) is 2.52. The van der Waals surface area contributed by atoms with E-state index in [0.29, 0.717) is 35.9 Å². The average Bonchev–Trinajstić information content (AvgIpc) is 3.26. The second-order valence-corrected chi connectivity index (χ2v) is 7.65. The third kappa shape index (κ3) is 5.84. The normalized spacial score (nSPS) is 13.0. The number of nitrogens with zero attached hydrogens (tertiary/aromatic N) is 4. The minimum Gasteiger partial charge on any atom is -0.481 e. The Kier molecular flexibility index (Phi) is 6.91. The van der Waals surface area contributed by atoms with Crippen molar-refractivity contribution in [2.75, 3.05) is 0 Å². The van der Waals surface area contributed by atoms with Crippen LogP contribution < -0.4 is 10.5 Å². The lowest BCUT2D eigenvalue weighted by molar-refractivity contribution is -0.143. The van der Waals surface area contributed by atoms with Crippen LogP contribution in [0.5, 0.6) is 11.6 Å². The predicted molar refractivity (Wildman–Crippen MR) is 110 cm³/mol. The second kappa shape index (κ2) is 9.79. The summed E-state index contributed by atoms with van der Waals surface area (Å²) in [7, 11) is 0. The van der Waals surface area contributed by atoms with Gasteiger partial charge in [0.2, 0.25) is 11.8 Å². The highest BCUT2D eigenvalue weighted by atomic mass is 16.5. The Morgan fingerprint density at radius 3 is 2.42 bits per heavy atom. The number of hydrogen-bond acceptors (Lipinski definition) is 7. The molecule has 0 aliphatic heterocycles. The van der Waals surface area contributed by atoms with Crippen molar-refractivity contribution in [2.24, 2.45) is 17.6 Å². The molecule has 0 aliphatic rings. The van der Waals surface area contributed by atoms with Crippen molar-refractivity contribution in [3.05, 3.63) is 59.5 Å². The van der Waals surface area contributed by atoms with E-state index in [4.69, 9.17) is 10.5 Å². The molecule has 0 saturated heterocycles. The molecule has 2 aromatic heterocycles. The van der Waals surface area contributed by atoms with Crippen molar-refractivity contribution in [2.45, 2.75) is 32.6 Å². The molecule has 0 unspecified atom stereocenters. The number of aromatic nitrogens is 5. The minimum absolute atomic E-state index is 0.199. The number of carbonyl (C=O) groups is 2. The largest absolute Gasteiger partial charge is 0.481 e. The van der Waals surface area contributed by atoms with Crippen LogP contribution in [-0.4, -0.2) is 42.6 Å². The number of aliphatic carboxylic acids is 1. The summed E-state index contributed by atoms with van der Waals surface area (Å²) >= 11 is 0. The minimum atomic E-state index is -0.893. The summed E-state index contributed by atoms with van der Waals surface area (Å²) < 4.78 is 5.69. The Labute approximate surface area is 178 Å². The Morgan fingerprint density at radius 2 is 1.90 bits per heavy atom. The van der Waals surface area contributed by atoms with Crippen LogP contribution in [0.2, 0.25) is 0 Å². The lowest BCUT2D eigenvalue weighted by Crippen LogP contribution is -2.26. The van der Waals surface area contributed by atoms with E-state index in [0.717, 1.165) is 5.56 Å². The van der Waals surface area contributed by atoms with Gasteiger partial charge in [0.05, 0.1) is 5.92 Å². The first-order valence-electron chi connectivity index (χ1n) is 9.82. The molecule has 10 nitrogen and oxygen atoms in total. The molecule has 3 aromatic rings. The molecule has 0 saturated carbocycles. The molecule has 162 valence electrons. The number of carboxylic acids is 1. The summed E-state index contributed by atoms with van der Waals surface area (Å²) in [5.41, 5.74) is 6.44. The summed E-state index contributed by atoms with van der Waals surface area (Å²) in [6.45, 7) is 3.96. The van der Waals surface area contributed by atoms with E-state index in [1.807, 2.05) is 19.9 Å². The zero-order chi connectivity index (χ0) is 22.4. The first-order chi connectivity index (χ1) is 14.8. The van der Waals surface area contributed by atoms with Crippen molar-refractivity contribution < 1.29 is 19.4 Å². The van der Waals surface area contributed by atoms with Crippen LogP contribution in [0.4, 0.5) is 0 Å². The van der Waals surface area contributed by atoms with Gasteiger partial charge in [0.25, 0.3) is 0 Å². The highest BCUT2D eigenvalue weighted by Gasteiger charge is 2.33. The summed E-state index contributed by atoms with van der Waals surface area (Å²) in [5.74, 6) is -1.07. The number of carbonyl (C=O) groups excluding carboxylic acids is 1. The number of carboxylic acid groups (broad SMARTS) is 1. The number of pyridine rings is 1. The van der Waals surface area contributed by atoms with Crippen molar-refractivity contribution in [1.82, 2.24) is 25.6 Å². The SMILES string of the molecule is CC(C)C[C@H](C(=O)O)[C@H](Cc1ccc(Oc2ccc(C(N)=O)cc2)nc1)c1nn[nH]n1. The lowest BCUT2D eigenvalue weighted by Gasteiger charge is -2.23. The summed E-state index contributed by atoms with van der Waals surface area (Å²) in [5, 5.41) is 23.8. The first-order valence-corrected chi connectivity index (χ1v) is 9.82. The molecule has 2 atom stereocenters. The van der Waals surface area contributed by atoms with Crippen LogP contribution in [0.3, 0.4) is 0 Å². The molecule has 0 fully saturated rings. The third-order valence-electron chi connectivity index (χ3n) is 4.84. The molecule has 31 heavy (non-hydrogen) atoms. The topological polar surface area (TPSA) is 157 Å². The van der Waals surface area contributed by atoms with Gasteiger partial charge in [-0.25, -0.2) is 4.98 Å². The van der Waals surface area contributed by atoms with Gasteiger partial charge in [0.1, 0.15) is 5.75 Å². The second-order valence-electron chi connectivity index (χ2n) is 7.65. The number of hydrogen-bond donors (Lipinski definition) is 3. The van der Waals surface area contributed by atoms with E-state index in [-0.39, 0.29) is 5.92 Å². The highest BCUT2D eigenvalue weighted by Crippen LogP contribution is 2.31. The summed E-state index contributed by atoms with van der Waals surface area (Å²) in [6, 6.07) is 9.92. The maximum absolute atomic E-state index is 11.9. The fourth-order valence-electron chi connectivity index (χ4n) is 3.34. The van der Waals surface area contributed by atoms with Gasteiger partial charge >= 0.3 is 5.97 Å². The van der Waals surface area contributed by atoms with Gasteiger partial charge in [-0.3, -0.25) is 9.59 Å². The fourth-order valence-corrected chi connectivity index (χ4v) is 3.34. The molecule has 10 heteroatoms. The maximum Gasteiger partial charge on any atom is 0.307 e. The van der Waals surface area contributed by atoms with Crippen molar-refractivity contribution in [1.29, 1.82) is 0 Å². The number of nitrogens with two attached hydrogens (primary N) is 1. The molecule has 0 bridgehead atoms. The van der Waals surface area contributed by atoms with E-state index in [1.54, 1.807) is 36.5 Å². The van der Waals surface area contributed by atoms with Gasteiger partial charge in [0, 0.05) is 23.7 Å². The van der Waals surface area contributed by atoms with Gasteiger partial charge in [0.15, 0.2) is 5.82 Å².